The zero-order chi connectivity index (χ0) is 14.7. The molecule has 0 radical (unpaired) electrons. The molecular formula is C13H10F3N3O. The summed E-state index contributed by atoms with van der Waals surface area (Å²) in [5.74, 6) is -2.21. The summed E-state index contributed by atoms with van der Waals surface area (Å²) < 4.78 is 38.9. The third-order valence-corrected chi connectivity index (χ3v) is 2.44. The van der Waals surface area contributed by atoms with Crippen LogP contribution in [0.4, 0.5) is 35.0 Å². The lowest BCUT2D eigenvalue weighted by Crippen LogP contribution is -2.20. The molecule has 20 heavy (non-hydrogen) atoms. The maximum Gasteiger partial charge on any atom is 0.323 e. The number of anilines is 3. The maximum atomic E-state index is 13.3. The van der Waals surface area contributed by atoms with Crippen molar-refractivity contribution in [1.29, 1.82) is 0 Å². The predicted octanol–water partition coefficient (Wildman–Crippen LogP) is 3.33. The summed E-state index contributed by atoms with van der Waals surface area (Å²) in [5, 5.41) is 4.51. The number of carbonyl (C=O) groups excluding carboxylic acids is 1. The van der Waals surface area contributed by atoms with Crippen molar-refractivity contribution in [2.24, 2.45) is 0 Å². The van der Waals surface area contributed by atoms with Gasteiger partial charge in [-0.2, -0.15) is 0 Å². The number of amides is 2. The fraction of sp³-hybridized carbons (Fsp3) is 0. The molecule has 2 rings (SSSR count). The molecule has 0 aromatic heterocycles. The van der Waals surface area contributed by atoms with Gasteiger partial charge in [0.1, 0.15) is 17.5 Å². The Morgan fingerprint density at radius 1 is 0.900 bits per heavy atom. The molecule has 0 saturated carbocycles. The first kappa shape index (κ1) is 13.7. The van der Waals surface area contributed by atoms with Crippen LogP contribution in [0.25, 0.3) is 0 Å². The fourth-order valence-electron chi connectivity index (χ4n) is 1.51. The van der Waals surface area contributed by atoms with Crippen molar-refractivity contribution in [3.8, 4) is 0 Å². The molecule has 4 nitrogen and oxygen atoms in total. The Morgan fingerprint density at radius 2 is 1.45 bits per heavy atom. The van der Waals surface area contributed by atoms with E-state index in [1.54, 1.807) is 0 Å². The van der Waals surface area contributed by atoms with E-state index >= 15 is 0 Å². The van der Waals surface area contributed by atoms with Crippen LogP contribution in [-0.4, -0.2) is 6.03 Å². The van der Waals surface area contributed by atoms with Crippen LogP contribution in [0, 0.1) is 17.5 Å². The van der Waals surface area contributed by atoms with Crippen molar-refractivity contribution in [3.63, 3.8) is 0 Å². The van der Waals surface area contributed by atoms with Crippen molar-refractivity contribution < 1.29 is 18.0 Å². The molecule has 0 aliphatic carbocycles. The van der Waals surface area contributed by atoms with Gasteiger partial charge in [0.2, 0.25) is 0 Å². The van der Waals surface area contributed by atoms with Crippen molar-refractivity contribution in [3.05, 3.63) is 53.8 Å². The number of benzene rings is 2. The van der Waals surface area contributed by atoms with Gasteiger partial charge in [0.25, 0.3) is 0 Å². The lowest BCUT2D eigenvalue weighted by atomic mass is 10.2. The largest absolute Gasteiger partial charge is 0.397 e. The number of halogens is 3. The predicted molar refractivity (Wildman–Crippen MR) is 69.8 cm³/mol. The number of carbonyl (C=O) groups is 1. The number of nitrogen functional groups attached to an aromatic ring is 1. The Balaban J connectivity index is 2.09. The van der Waals surface area contributed by atoms with Crippen LogP contribution in [-0.2, 0) is 0 Å². The molecule has 0 atom stereocenters. The molecule has 0 unspecified atom stereocenters. The molecule has 0 fully saturated rings. The molecule has 7 heteroatoms. The SMILES string of the molecule is Nc1cc(F)ccc1NC(=O)Nc1ccc(F)cc1F. The van der Waals surface area contributed by atoms with Crippen LogP contribution in [0.2, 0.25) is 0 Å². The van der Waals surface area contributed by atoms with Crippen LogP contribution in [0.1, 0.15) is 0 Å². The second kappa shape index (κ2) is 5.52. The zero-order valence-electron chi connectivity index (χ0n) is 10.1. The first-order chi connectivity index (χ1) is 9.45. The Hall–Kier alpha value is -2.70. The average Bonchev–Trinajstić information content (AvgIpc) is 2.36. The lowest BCUT2D eigenvalue weighted by molar-refractivity contribution is 0.262. The number of rotatable bonds is 2. The molecule has 0 saturated heterocycles. The molecule has 2 amide bonds. The van der Waals surface area contributed by atoms with Gasteiger partial charge in [-0.15, -0.1) is 0 Å². The van der Waals surface area contributed by atoms with E-state index in [1.807, 2.05) is 0 Å². The minimum Gasteiger partial charge on any atom is -0.397 e. The van der Waals surface area contributed by atoms with Crippen LogP contribution in [0.3, 0.4) is 0 Å². The molecule has 104 valence electrons. The van der Waals surface area contributed by atoms with Gasteiger partial charge in [-0.25, -0.2) is 18.0 Å². The van der Waals surface area contributed by atoms with Gasteiger partial charge in [-0.05, 0) is 30.3 Å². The number of nitrogens with one attached hydrogen (secondary N) is 2. The van der Waals surface area contributed by atoms with E-state index in [2.05, 4.69) is 10.6 Å². The van der Waals surface area contributed by atoms with E-state index in [9.17, 15) is 18.0 Å². The highest BCUT2D eigenvalue weighted by Gasteiger charge is 2.09. The highest BCUT2D eigenvalue weighted by atomic mass is 19.1. The summed E-state index contributed by atoms with van der Waals surface area (Å²) >= 11 is 0. The van der Waals surface area contributed by atoms with Gasteiger partial charge in [-0.3, -0.25) is 0 Å². The van der Waals surface area contributed by atoms with E-state index in [4.69, 9.17) is 5.73 Å². The first-order valence-corrected chi connectivity index (χ1v) is 5.54. The van der Waals surface area contributed by atoms with E-state index in [-0.39, 0.29) is 17.1 Å². The summed E-state index contributed by atoms with van der Waals surface area (Å²) in [4.78, 5) is 11.6. The summed E-state index contributed by atoms with van der Waals surface area (Å²) in [6, 6.07) is 5.36. The third kappa shape index (κ3) is 3.19. The van der Waals surface area contributed by atoms with E-state index < -0.39 is 23.5 Å². The Labute approximate surface area is 112 Å². The van der Waals surface area contributed by atoms with Crippen LogP contribution >= 0.6 is 0 Å². The fourth-order valence-corrected chi connectivity index (χ4v) is 1.51. The number of nitrogens with two attached hydrogens (primary N) is 1. The van der Waals surface area contributed by atoms with Crippen molar-refractivity contribution in [2.45, 2.75) is 0 Å². The third-order valence-electron chi connectivity index (χ3n) is 2.44. The molecule has 2 aromatic carbocycles. The summed E-state index contributed by atoms with van der Waals surface area (Å²) in [6.07, 6.45) is 0. The lowest BCUT2D eigenvalue weighted by Gasteiger charge is -2.10. The molecule has 2 aromatic rings. The second-order valence-electron chi connectivity index (χ2n) is 3.93. The zero-order valence-corrected chi connectivity index (χ0v) is 10.1. The van der Waals surface area contributed by atoms with Crippen LogP contribution < -0.4 is 16.4 Å². The molecule has 0 spiro atoms. The van der Waals surface area contributed by atoms with Crippen molar-refractivity contribution in [2.75, 3.05) is 16.4 Å². The first-order valence-electron chi connectivity index (χ1n) is 5.54. The van der Waals surface area contributed by atoms with Crippen LogP contribution in [0.5, 0.6) is 0 Å². The molecule has 0 heterocycles. The number of urea groups is 1. The minimum atomic E-state index is -0.910. The molecule has 0 bridgehead atoms. The van der Waals surface area contributed by atoms with Gasteiger partial charge < -0.3 is 16.4 Å². The van der Waals surface area contributed by atoms with Gasteiger partial charge in [0.05, 0.1) is 17.1 Å². The Bertz CT molecular complexity index is 606. The second-order valence-corrected chi connectivity index (χ2v) is 3.93. The quantitative estimate of drug-likeness (QED) is 0.739. The summed E-state index contributed by atoms with van der Waals surface area (Å²) in [7, 11) is 0. The van der Waals surface area contributed by atoms with Crippen molar-refractivity contribution in [1.82, 2.24) is 0 Å². The summed E-state index contributed by atoms with van der Waals surface area (Å²) in [6.45, 7) is 0. The maximum absolute atomic E-state index is 13.3. The molecular weight excluding hydrogens is 271 g/mol. The Morgan fingerprint density at radius 3 is 2.05 bits per heavy atom. The van der Waals surface area contributed by atoms with Crippen LogP contribution in [0.15, 0.2) is 36.4 Å². The van der Waals surface area contributed by atoms with Gasteiger partial charge in [-0.1, -0.05) is 0 Å². The summed E-state index contributed by atoms with van der Waals surface area (Å²) in [5.41, 5.74) is 5.52. The van der Waals surface area contributed by atoms with Gasteiger partial charge >= 0.3 is 6.03 Å². The number of hydrogen-bond acceptors (Lipinski definition) is 2. The standard InChI is InChI=1S/C13H10F3N3O/c14-7-1-3-11(9(16)5-7)18-13(20)19-12-4-2-8(15)6-10(12)17/h1-6H,17H2,(H2,18,19,20). The van der Waals surface area contributed by atoms with Gasteiger partial charge in [0.15, 0.2) is 0 Å². The topological polar surface area (TPSA) is 67.1 Å². The normalized spacial score (nSPS) is 10.2. The average molecular weight is 281 g/mol. The minimum absolute atomic E-state index is 0.0275. The number of hydrogen-bond donors (Lipinski definition) is 3. The van der Waals surface area contributed by atoms with E-state index in [0.29, 0.717) is 6.07 Å². The smallest absolute Gasteiger partial charge is 0.323 e. The molecule has 0 aliphatic rings. The monoisotopic (exact) mass is 281 g/mol. The van der Waals surface area contributed by atoms with Gasteiger partial charge in [0, 0.05) is 6.07 Å². The van der Waals surface area contributed by atoms with E-state index in [0.717, 1.165) is 24.3 Å². The molecule has 4 N–H and O–H groups in total. The molecule has 0 aliphatic heterocycles. The van der Waals surface area contributed by atoms with Crippen molar-refractivity contribution >= 4 is 23.1 Å². The highest BCUT2D eigenvalue weighted by molar-refractivity contribution is 6.01. The Kier molecular flexibility index (Phi) is 3.79. The van der Waals surface area contributed by atoms with E-state index in [1.165, 1.54) is 6.07 Å². The highest BCUT2D eigenvalue weighted by Crippen LogP contribution is 2.20.